The normalized spacial score (nSPS) is 36.0. The van der Waals surface area contributed by atoms with Crippen molar-refractivity contribution in [3.63, 3.8) is 0 Å². The molecule has 0 N–H and O–H groups in total. The summed E-state index contributed by atoms with van der Waals surface area (Å²) in [4.78, 5) is 0. The molecule has 0 spiro atoms. The van der Waals surface area contributed by atoms with Gasteiger partial charge in [0.15, 0.2) is 0 Å². The van der Waals surface area contributed by atoms with Crippen molar-refractivity contribution < 1.29 is 0 Å². The van der Waals surface area contributed by atoms with Gasteiger partial charge in [-0.1, -0.05) is 23.8 Å². The fourth-order valence-electron chi connectivity index (χ4n) is 1.01. The summed E-state index contributed by atoms with van der Waals surface area (Å²) in [6.07, 6.45) is 8.11. The third-order valence-corrected chi connectivity index (χ3v) is 1.46. The summed E-state index contributed by atoms with van der Waals surface area (Å²) in [6, 6.07) is 0. The molecule has 30 valence electrons. The van der Waals surface area contributed by atoms with Crippen molar-refractivity contribution in [2.45, 2.75) is 6.42 Å². The van der Waals surface area contributed by atoms with Crippen molar-refractivity contribution in [1.29, 1.82) is 0 Å². The van der Waals surface area contributed by atoms with Gasteiger partial charge in [-0.3, -0.25) is 0 Å². The average Bonchev–Trinajstić information content (AvgIpc) is 1.72. The molecule has 3 rings (SSSR count). The van der Waals surface area contributed by atoms with E-state index in [0.717, 1.165) is 5.92 Å². The Morgan fingerprint density at radius 2 is 2.50 bits per heavy atom. The summed E-state index contributed by atoms with van der Waals surface area (Å²) in [5.41, 5.74) is 1.54. The van der Waals surface area contributed by atoms with Crippen LogP contribution in [0.2, 0.25) is 0 Å². The highest BCUT2D eigenvalue weighted by atomic mass is 14.2. The summed E-state index contributed by atoms with van der Waals surface area (Å²) < 4.78 is 0. The van der Waals surface area contributed by atoms with E-state index in [1.807, 2.05) is 0 Å². The monoisotopic (exact) mass is 78.0 g/mol. The lowest BCUT2D eigenvalue weighted by Crippen LogP contribution is -1.95. The first-order chi connectivity index (χ1) is 2.95. The first-order valence-corrected chi connectivity index (χ1v) is 2.34. The fourth-order valence-corrected chi connectivity index (χ4v) is 1.01. The van der Waals surface area contributed by atoms with Crippen LogP contribution >= 0.6 is 0 Å². The first-order valence-electron chi connectivity index (χ1n) is 2.34. The van der Waals surface area contributed by atoms with Crippen LogP contribution in [0.5, 0.6) is 0 Å². The van der Waals surface area contributed by atoms with Gasteiger partial charge in [-0.2, -0.15) is 0 Å². The third-order valence-electron chi connectivity index (χ3n) is 1.46. The number of hydrogen-bond acceptors (Lipinski definition) is 0. The standard InChI is InChI=1S/C6H6/c1-2-6-3-5(1)4-6/h1-3,5H,4H2. The van der Waals surface area contributed by atoms with E-state index < -0.39 is 0 Å². The van der Waals surface area contributed by atoms with Gasteiger partial charge >= 0.3 is 0 Å². The summed E-state index contributed by atoms with van der Waals surface area (Å²) >= 11 is 0. The summed E-state index contributed by atoms with van der Waals surface area (Å²) in [7, 11) is 0. The molecule has 0 aliphatic heterocycles. The zero-order valence-corrected chi connectivity index (χ0v) is 3.52. The molecular formula is C6H6. The van der Waals surface area contributed by atoms with Gasteiger partial charge in [-0.05, 0) is 12.3 Å². The molecule has 0 heteroatoms. The Hall–Kier alpha value is -0.520. The zero-order valence-electron chi connectivity index (χ0n) is 3.52. The molecule has 0 aromatic heterocycles. The summed E-state index contributed by atoms with van der Waals surface area (Å²) in [5.74, 6) is 0.847. The van der Waals surface area contributed by atoms with E-state index >= 15 is 0 Å². The third kappa shape index (κ3) is 0.137. The maximum Gasteiger partial charge on any atom is -0.000414 e. The van der Waals surface area contributed by atoms with Gasteiger partial charge in [0, 0.05) is 0 Å². The van der Waals surface area contributed by atoms with Crippen molar-refractivity contribution in [3.8, 4) is 0 Å². The highest BCUT2D eigenvalue weighted by molar-refractivity contribution is 5.39. The molecule has 3 aliphatic rings. The maximum absolute atomic E-state index is 2.31. The van der Waals surface area contributed by atoms with Gasteiger partial charge in [-0.25, -0.2) is 0 Å². The molecule has 0 amide bonds. The highest BCUT2D eigenvalue weighted by Gasteiger charge is 2.19. The first kappa shape index (κ1) is 2.62. The fraction of sp³-hybridized carbons (Fsp3) is 0.333. The predicted molar refractivity (Wildman–Crippen MR) is 25.3 cm³/mol. The molecule has 1 atom stereocenters. The predicted octanol–water partition coefficient (Wildman–Crippen LogP) is 1.50. The van der Waals surface area contributed by atoms with E-state index in [4.69, 9.17) is 0 Å². The van der Waals surface area contributed by atoms with Crippen LogP contribution in [-0.4, -0.2) is 0 Å². The van der Waals surface area contributed by atoms with E-state index in [2.05, 4.69) is 18.2 Å². The molecule has 6 heavy (non-hydrogen) atoms. The van der Waals surface area contributed by atoms with Crippen LogP contribution in [0.15, 0.2) is 23.8 Å². The highest BCUT2D eigenvalue weighted by Crippen LogP contribution is 2.34. The minimum absolute atomic E-state index is 0.847. The van der Waals surface area contributed by atoms with Crippen molar-refractivity contribution in [2.24, 2.45) is 5.92 Å². The second-order valence-electron chi connectivity index (χ2n) is 1.97. The molecule has 0 saturated heterocycles. The smallest absolute Gasteiger partial charge is 0.000414 e. The molecule has 0 fully saturated rings. The van der Waals surface area contributed by atoms with Gasteiger partial charge in [0.2, 0.25) is 0 Å². The largest absolute Gasteiger partial charge is 0.0770 e. The van der Waals surface area contributed by atoms with Crippen LogP contribution in [0.4, 0.5) is 0 Å². The molecule has 0 aromatic carbocycles. The van der Waals surface area contributed by atoms with Gasteiger partial charge in [0.1, 0.15) is 0 Å². The minimum atomic E-state index is 0.847. The van der Waals surface area contributed by atoms with Crippen LogP contribution in [0.1, 0.15) is 6.42 Å². The van der Waals surface area contributed by atoms with Crippen LogP contribution in [-0.2, 0) is 0 Å². The number of rotatable bonds is 0. The van der Waals surface area contributed by atoms with E-state index in [1.54, 1.807) is 5.57 Å². The van der Waals surface area contributed by atoms with E-state index in [-0.39, 0.29) is 0 Å². The van der Waals surface area contributed by atoms with Gasteiger partial charge < -0.3 is 0 Å². The van der Waals surface area contributed by atoms with Crippen molar-refractivity contribution in [1.82, 2.24) is 0 Å². The van der Waals surface area contributed by atoms with E-state index in [1.165, 1.54) is 6.42 Å². The lowest BCUT2D eigenvalue weighted by Gasteiger charge is -2.09. The van der Waals surface area contributed by atoms with Crippen LogP contribution in [0, 0.1) is 5.92 Å². The molecule has 2 bridgehead atoms. The molecule has 0 radical (unpaired) electrons. The Bertz CT molecular complexity index is 126. The van der Waals surface area contributed by atoms with E-state index in [0.29, 0.717) is 0 Å². The summed E-state index contributed by atoms with van der Waals surface area (Å²) in [5, 5.41) is 0. The minimum Gasteiger partial charge on any atom is -0.0770 e. The van der Waals surface area contributed by atoms with Gasteiger partial charge in [0.25, 0.3) is 0 Å². The second-order valence-corrected chi connectivity index (χ2v) is 1.97. The molecular weight excluding hydrogens is 72.1 g/mol. The second kappa shape index (κ2) is 0.604. The Labute approximate surface area is 37.2 Å². The SMILES string of the molecule is C1=CC2C=C1C2. The van der Waals surface area contributed by atoms with Crippen LogP contribution < -0.4 is 0 Å². The Morgan fingerprint density at radius 1 is 1.67 bits per heavy atom. The summed E-state index contributed by atoms with van der Waals surface area (Å²) in [6.45, 7) is 0. The molecule has 3 aliphatic carbocycles. The Morgan fingerprint density at radius 3 is 2.67 bits per heavy atom. The molecule has 0 heterocycles. The zero-order chi connectivity index (χ0) is 3.98. The topological polar surface area (TPSA) is 0 Å². The van der Waals surface area contributed by atoms with Crippen LogP contribution in [0.3, 0.4) is 0 Å². The maximum atomic E-state index is 2.31. The molecule has 0 aromatic rings. The van der Waals surface area contributed by atoms with Gasteiger partial charge in [0.05, 0.1) is 0 Å². The quantitative estimate of drug-likeness (QED) is 0.412. The Kier molecular flexibility index (Phi) is 0.264. The number of hydrogen-bond donors (Lipinski definition) is 0. The number of allylic oxidation sites excluding steroid dienone is 4. The lowest BCUT2D eigenvalue weighted by molar-refractivity contribution is 0.768. The lowest BCUT2D eigenvalue weighted by atomic mass is 9.96. The Balaban J connectivity index is 2.57. The van der Waals surface area contributed by atoms with Crippen molar-refractivity contribution >= 4 is 0 Å². The van der Waals surface area contributed by atoms with Crippen molar-refractivity contribution in [3.05, 3.63) is 23.8 Å². The van der Waals surface area contributed by atoms with E-state index in [9.17, 15) is 0 Å². The molecule has 0 saturated carbocycles. The van der Waals surface area contributed by atoms with Gasteiger partial charge in [-0.15, -0.1) is 0 Å². The van der Waals surface area contributed by atoms with Crippen LogP contribution in [0.25, 0.3) is 0 Å². The average molecular weight is 78.1 g/mol. The molecule has 1 unspecified atom stereocenters. The molecule has 0 nitrogen and oxygen atoms in total. The van der Waals surface area contributed by atoms with Crippen molar-refractivity contribution in [2.75, 3.05) is 0 Å².